The van der Waals surface area contributed by atoms with Gasteiger partial charge in [-0.25, -0.2) is 0 Å². The molecule has 144 valence electrons. The molecular weight excluding hydrogens is 358 g/mol. The van der Waals surface area contributed by atoms with Gasteiger partial charge in [0.15, 0.2) is 0 Å². The average molecular weight is 379 g/mol. The van der Waals surface area contributed by atoms with Gasteiger partial charge in [-0.3, -0.25) is 19.8 Å². The van der Waals surface area contributed by atoms with Crippen LogP contribution in [0.3, 0.4) is 0 Å². The zero-order chi connectivity index (χ0) is 19.9. The van der Waals surface area contributed by atoms with Crippen LogP contribution in [0.2, 0.25) is 0 Å². The second kappa shape index (κ2) is 8.97. The Morgan fingerprint density at radius 3 is 2.50 bits per heavy atom. The van der Waals surface area contributed by atoms with Crippen LogP contribution in [0, 0.1) is 21.4 Å². The van der Waals surface area contributed by atoms with E-state index in [4.69, 9.17) is 5.26 Å². The van der Waals surface area contributed by atoms with Crippen molar-refractivity contribution >= 4 is 17.3 Å². The van der Waals surface area contributed by atoms with Crippen molar-refractivity contribution < 1.29 is 9.72 Å². The molecule has 1 saturated heterocycles. The lowest BCUT2D eigenvalue weighted by Gasteiger charge is -2.35. The molecule has 8 nitrogen and oxygen atoms in total. The van der Waals surface area contributed by atoms with Gasteiger partial charge in [-0.05, 0) is 17.7 Å². The molecule has 0 spiro atoms. The summed E-state index contributed by atoms with van der Waals surface area (Å²) >= 11 is 0. The number of carbonyl (C=O) groups is 1. The molecule has 1 aliphatic rings. The highest BCUT2D eigenvalue weighted by Gasteiger charge is 2.24. The monoisotopic (exact) mass is 379 g/mol. The van der Waals surface area contributed by atoms with Crippen molar-refractivity contribution in [1.29, 1.82) is 5.26 Å². The van der Waals surface area contributed by atoms with Gasteiger partial charge in [0.05, 0.1) is 23.1 Å². The van der Waals surface area contributed by atoms with Gasteiger partial charge in [-0.15, -0.1) is 0 Å². The van der Waals surface area contributed by atoms with Crippen molar-refractivity contribution in [3.63, 3.8) is 0 Å². The molecule has 1 aliphatic heterocycles. The Bertz CT molecular complexity index is 886. The predicted octanol–water partition coefficient (Wildman–Crippen LogP) is 1.90. The zero-order valence-corrected chi connectivity index (χ0v) is 15.4. The van der Waals surface area contributed by atoms with E-state index in [0.717, 1.165) is 5.56 Å². The standard InChI is InChI=1S/C20H21N5O3/c21-13-17-6-7-18(19(12-17)25(27)28)24-10-8-23(9-11-24)15-20(26)22-14-16-4-2-1-3-5-16/h1-7,12H,8-11,14-15H2,(H,22,26). The maximum Gasteiger partial charge on any atom is 0.293 e. The Hall–Kier alpha value is -3.44. The Labute approximate surface area is 163 Å². The number of piperazine rings is 1. The largest absolute Gasteiger partial charge is 0.363 e. The molecule has 1 N–H and O–H groups in total. The van der Waals surface area contributed by atoms with Gasteiger partial charge < -0.3 is 10.2 Å². The summed E-state index contributed by atoms with van der Waals surface area (Å²) in [5.74, 6) is -0.0401. The number of nitro groups is 1. The zero-order valence-electron chi connectivity index (χ0n) is 15.4. The van der Waals surface area contributed by atoms with Crippen molar-refractivity contribution in [2.24, 2.45) is 0 Å². The summed E-state index contributed by atoms with van der Waals surface area (Å²) in [5.41, 5.74) is 1.77. The first kappa shape index (κ1) is 19.3. The number of anilines is 1. The summed E-state index contributed by atoms with van der Waals surface area (Å²) in [6, 6.07) is 16.2. The molecule has 0 aliphatic carbocycles. The van der Waals surface area contributed by atoms with Crippen LogP contribution >= 0.6 is 0 Å². The summed E-state index contributed by atoms with van der Waals surface area (Å²) in [7, 11) is 0. The molecule has 1 fully saturated rings. The summed E-state index contributed by atoms with van der Waals surface area (Å²) < 4.78 is 0. The molecular formula is C20H21N5O3. The van der Waals surface area contributed by atoms with E-state index < -0.39 is 4.92 Å². The van der Waals surface area contributed by atoms with Crippen LogP contribution in [0.15, 0.2) is 48.5 Å². The topological polar surface area (TPSA) is 103 Å². The van der Waals surface area contributed by atoms with Crippen LogP contribution in [0.4, 0.5) is 11.4 Å². The fourth-order valence-electron chi connectivity index (χ4n) is 3.21. The Balaban J connectivity index is 1.53. The highest BCUT2D eigenvalue weighted by atomic mass is 16.6. The molecule has 1 amide bonds. The third kappa shape index (κ3) is 4.84. The highest BCUT2D eigenvalue weighted by Crippen LogP contribution is 2.29. The molecule has 2 aromatic carbocycles. The number of amides is 1. The first-order valence-corrected chi connectivity index (χ1v) is 9.03. The number of nitrogens with zero attached hydrogens (tertiary/aromatic N) is 4. The van der Waals surface area contributed by atoms with Crippen LogP contribution in [-0.2, 0) is 11.3 Å². The van der Waals surface area contributed by atoms with Crippen molar-refractivity contribution in [2.75, 3.05) is 37.6 Å². The lowest BCUT2D eigenvalue weighted by Crippen LogP contribution is -2.49. The number of nitriles is 1. The first-order valence-electron chi connectivity index (χ1n) is 9.03. The molecule has 0 unspecified atom stereocenters. The number of hydrogen-bond acceptors (Lipinski definition) is 6. The van der Waals surface area contributed by atoms with E-state index in [1.54, 1.807) is 12.1 Å². The molecule has 28 heavy (non-hydrogen) atoms. The Kier molecular flexibility index (Phi) is 6.19. The van der Waals surface area contributed by atoms with Gasteiger partial charge in [0.2, 0.25) is 5.91 Å². The third-order valence-corrected chi connectivity index (χ3v) is 4.71. The highest BCUT2D eigenvalue weighted by molar-refractivity contribution is 5.78. The van der Waals surface area contributed by atoms with Crippen LogP contribution in [-0.4, -0.2) is 48.5 Å². The van der Waals surface area contributed by atoms with Crippen LogP contribution < -0.4 is 10.2 Å². The second-order valence-electron chi connectivity index (χ2n) is 6.60. The van der Waals surface area contributed by atoms with E-state index in [2.05, 4.69) is 5.32 Å². The predicted molar refractivity (Wildman–Crippen MR) is 105 cm³/mol. The van der Waals surface area contributed by atoms with Gasteiger partial charge in [0.25, 0.3) is 5.69 Å². The molecule has 1 heterocycles. The molecule has 0 bridgehead atoms. The van der Waals surface area contributed by atoms with Gasteiger partial charge in [0.1, 0.15) is 5.69 Å². The molecule has 0 atom stereocenters. The van der Waals surface area contributed by atoms with E-state index in [1.165, 1.54) is 6.07 Å². The molecule has 3 rings (SSSR count). The van der Waals surface area contributed by atoms with Crippen molar-refractivity contribution in [3.05, 3.63) is 69.8 Å². The Morgan fingerprint density at radius 2 is 1.86 bits per heavy atom. The van der Waals surface area contributed by atoms with E-state index in [-0.39, 0.29) is 17.2 Å². The van der Waals surface area contributed by atoms with Gasteiger partial charge in [-0.1, -0.05) is 30.3 Å². The molecule has 0 saturated carbocycles. The van der Waals surface area contributed by atoms with Crippen LogP contribution in [0.5, 0.6) is 0 Å². The fraction of sp³-hybridized carbons (Fsp3) is 0.300. The number of carbonyl (C=O) groups excluding carboxylic acids is 1. The maximum atomic E-state index is 12.2. The molecule has 2 aromatic rings. The average Bonchev–Trinajstić information content (AvgIpc) is 2.73. The minimum atomic E-state index is -0.459. The summed E-state index contributed by atoms with van der Waals surface area (Å²) in [6.45, 7) is 3.23. The van der Waals surface area contributed by atoms with Gasteiger partial charge in [0, 0.05) is 38.8 Å². The quantitative estimate of drug-likeness (QED) is 0.607. The van der Waals surface area contributed by atoms with E-state index in [1.807, 2.05) is 46.2 Å². The summed E-state index contributed by atoms with van der Waals surface area (Å²) in [6.07, 6.45) is 0. The molecule has 0 radical (unpaired) electrons. The normalized spacial score (nSPS) is 14.3. The smallest absolute Gasteiger partial charge is 0.293 e. The Morgan fingerprint density at radius 1 is 1.14 bits per heavy atom. The minimum absolute atomic E-state index is 0.0401. The number of benzene rings is 2. The molecule has 0 aromatic heterocycles. The lowest BCUT2D eigenvalue weighted by atomic mass is 10.1. The SMILES string of the molecule is N#Cc1ccc(N2CCN(CC(=O)NCc3ccccc3)CC2)c([N+](=O)[O-])c1. The second-order valence-corrected chi connectivity index (χ2v) is 6.60. The van der Waals surface area contributed by atoms with Crippen molar-refractivity contribution in [3.8, 4) is 6.07 Å². The summed E-state index contributed by atoms with van der Waals surface area (Å²) in [4.78, 5) is 27.0. The van der Waals surface area contributed by atoms with E-state index in [9.17, 15) is 14.9 Å². The summed E-state index contributed by atoms with van der Waals surface area (Å²) in [5, 5.41) is 23.2. The van der Waals surface area contributed by atoms with E-state index in [0.29, 0.717) is 45.0 Å². The van der Waals surface area contributed by atoms with Gasteiger partial charge >= 0.3 is 0 Å². The first-order chi connectivity index (χ1) is 13.6. The minimum Gasteiger partial charge on any atom is -0.363 e. The van der Waals surface area contributed by atoms with Crippen molar-refractivity contribution in [1.82, 2.24) is 10.2 Å². The molecule has 8 heteroatoms. The van der Waals surface area contributed by atoms with Crippen molar-refractivity contribution in [2.45, 2.75) is 6.54 Å². The van der Waals surface area contributed by atoms with Crippen LogP contribution in [0.25, 0.3) is 0 Å². The fourth-order valence-corrected chi connectivity index (χ4v) is 3.21. The number of hydrogen-bond donors (Lipinski definition) is 1. The number of rotatable bonds is 6. The number of nitrogens with one attached hydrogen (secondary N) is 1. The van der Waals surface area contributed by atoms with E-state index >= 15 is 0 Å². The van der Waals surface area contributed by atoms with Crippen LogP contribution in [0.1, 0.15) is 11.1 Å². The lowest BCUT2D eigenvalue weighted by molar-refractivity contribution is -0.384. The van der Waals surface area contributed by atoms with Gasteiger partial charge in [-0.2, -0.15) is 5.26 Å². The maximum absolute atomic E-state index is 12.2. The number of nitro benzene ring substituents is 1. The third-order valence-electron chi connectivity index (χ3n) is 4.71.